The summed E-state index contributed by atoms with van der Waals surface area (Å²) in [6.45, 7) is 8.85. The van der Waals surface area contributed by atoms with Crippen molar-refractivity contribution in [1.82, 2.24) is 10.2 Å². The molecule has 1 aliphatic rings. The van der Waals surface area contributed by atoms with Crippen molar-refractivity contribution in [3.05, 3.63) is 73.5 Å². The largest absolute Gasteiger partial charge is 0.490 e. The zero-order chi connectivity index (χ0) is 26.3. The number of carbonyl (C=O) groups excluding carboxylic acids is 1. The fraction of sp³-hybridized carbons (Fsp3) is 0.333. The maximum absolute atomic E-state index is 13.8. The second kappa shape index (κ2) is 10.1. The Kier molecular flexibility index (Phi) is 6.92. The molecule has 0 spiro atoms. The third kappa shape index (κ3) is 4.57. The summed E-state index contributed by atoms with van der Waals surface area (Å²) < 4.78 is 17.6. The van der Waals surface area contributed by atoms with Gasteiger partial charge in [-0.05, 0) is 55.7 Å². The van der Waals surface area contributed by atoms with Crippen LogP contribution in [0.4, 0.5) is 5.13 Å². The highest BCUT2D eigenvalue weighted by molar-refractivity contribution is 7.15. The van der Waals surface area contributed by atoms with Crippen LogP contribution in [-0.2, 0) is 6.42 Å². The summed E-state index contributed by atoms with van der Waals surface area (Å²) in [5, 5.41) is 10.5. The average Bonchev–Trinajstić information content (AvgIpc) is 3.42. The van der Waals surface area contributed by atoms with Crippen LogP contribution in [0.2, 0.25) is 5.02 Å². The van der Waals surface area contributed by atoms with Gasteiger partial charge in [0.1, 0.15) is 10.6 Å². The van der Waals surface area contributed by atoms with Gasteiger partial charge in [0.05, 0.1) is 30.2 Å². The first-order chi connectivity index (χ1) is 17.8. The quantitative estimate of drug-likeness (QED) is 0.269. The lowest BCUT2D eigenvalue weighted by Gasteiger charge is -2.23. The number of nitrogens with zero attached hydrogens (tertiary/aromatic N) is 3. The SMILES string of the molecule is CCOc1ccc(C2c3c(oc4ccc(Cl)cc4c3=O)C(=O)N2c2nnc(CC(C)C)s2)cc1OCC. The van der Waals surface area contributed by atoms with E-state index >= 15 is 0 Å². The molecule has 0 saturated heterocycles. The van der Waals surface area contributed by atoms with E-state index in [2.05, 4.69) is 24.0 Å². The van der Waals surface area contributed by atoms with Gasteiger partial charge in [0.2, 0.25) is 10.9 Å². The summed E-state index contributed by atoms with van der Waals surface area (Å²) in [7, 11) is 0. The molecule has 0 aliphatic carbocycles. The molecule has 0 fully saturated rings. The van der Waals surface area contributed by atoms with Crippen molar-refractivity contribution >= 4 is 44.9 Å². The number of fused-ring (bicyclic) bond motifs is 2. The lowest BCUT2D eigenvalue weighted by Crippen LogP contribution is -2.29. The van der Waals surface area contributed by atoms with Crippen LogP contribution < -0.4 is 19.8 Å². The summed E-state index contributed by atoms with van der Waals surface area (Å²) in [4.78, 5) is 29.1. The number of carbonyl (C=O) groups is 1. The van der Waals surface area contributed by atoms with Crippen LogP contribution in [0.15, 0.2) is 45.6 Å². The Morgan fingerprint density at radius 1 is 1.05 bits per heavy atom. The lowest BCUT2D eigenvalue weighted by atomic mass is 9.98. The Hall–Kier alpha value is -3.43. The van der Waals surface area contributed by atoms with Crippen molar-refractivity contribution in [1.29, 1.82) is 0 Å². The molecule has 1 atom stereocenters. The zero-order valence-electron chi connectivity index (χ0n) is 20.9. The fourth-order valence-electron chi connectivity index (χ4n) is 4.47. The van der Waals surface area contributed by atoms with Crippen molar-refractivity contribution in [2.45, 2.75) is 40.2 Å². The highest BCUT2D eigenvalue weighted by atomic mass is 35.5. The fourth-order valence-corrected chi connectivity index (χ4v) is 5.72. The van der Waals surface area contributed by atoms with Crippen LogP contribution in [0.3, 0.4) is 0 Å². The number of amides is 1. The first-order valence-electron chi connectivity index (χ1n) is 12.1. The van der Waals surface area contributed by atoms with E-state index in [4.69, 9.17) is 25.5 Å². The highest BCUT2D eigenvalue weighted by Crippen LogP contribution is 2.44. The number of hydrogen-bond donors (Lipinski definition) is 0. The second-order valence-electron chi connectivity index (χ2n) is 9.04. The number of anilines is 1. The number of aromatic nitrogens is 2. The molecule has 1 unspecified atom stereocenters. The van der Waals surface area contributed by atoms with E-state index in [0.29, 0.717) is 57.3 Å². The number of hydrogen-bond acceptors (Lipinski definition) is 8. The van der Waals surface area contributed by atoms with Gasteiger partial charge < -0.3 is 13.9 Å². The van der Waals surface area contributed by atoms with Gasteiger partial charge in [-0.3, -0.25) is 14.5 Å². The second-order valence-corrected chi connectivity index (χ2v) is 10.5. The van der Waals surface area contributed by atoms with Crippen LogP contribution >= 0.6 is 22.9 Å². The molecule has 1 aliphatic heterocycles. The summed E-state index contributed by atoms with van der Waals surface area (Å²) in [6, 6.07) is 9.39. The standard InChI is InChI=1S/C27H26ClN3O5S/c1-5-34-19-9-7-15(12-20(19)35-6-2)23-22-24(32)17-13-16(28)8-10-18(17)36-25(22)26(33)31(23)27-30-29-21(37-27)11-14(3)4/h7-10,12-14,23H,5-6,11H2,1-4H3. The van der Waals surface area contributed by atoms with E-state index in [1.54, 1.807) is 30.3 Å². The van der Waals surface area contributed by atoms with Crippen molar-refractivity contribution in [3.63, 3.8) is 0 Å². The number of halogens is 1. The highest BCUT2D eigenvalue weighted by Gasteiger charge is 2.45. The Balaban J connectivity index is 1.73. The maximum atomic E-state index is 13.8. The minimum atomic E-state index is -0.795. The predicted octanol–water partition coefficient (Wildman–Crippen LogP) is 6.04. The van der Waals surface area contributed by atoms with Gasteiger partial charge >= 0.3 is 0 Å². The molecule has 10 heteroatoms. The first-order valence-corrected chi connectivity index (χ1v) is 13.3. The molecule has 0 saturated carbocycles. The molecule has 1 amide bonds. The molecule has 192 valence electrons. The maximum Gasteiger partial charge on any atom is 0.297 e. The molecule has 5 rings (SSSR count). The van der Waals surface area contributed by atoms with Gasteiger partial charge in [-0.2, -0.15) is 0 Å². The predicted molar refractivity (Wildman–Crippen MR) is 143 cm³/mol. The third-order valence-corrected chi connectivity index (χ3v) is 7.14. The monoisotopic (exact) mass is 539 g/mol. The molecular formula is C27H26ClN3O5S. The van der Waals surface area contributed by atoms with Gasteiger partial charge in [0.15, 0.2) is 16.9 Å². The van der Waals surface area contributed by atoms with Crippen LogP contribution in [0.5, 0.6) is 11.5 Å². The van der Waals surface area contributed by atoms with Crippen molar-refractivity contribution in [2.24, 2.45) is 5.92 Å². The third-order valence-electron chi connectivity index (χ3n) is 5.96. The van der Waals surface area contributed by atoms with Crippen molar-refractivity contribution in [3.8, 4) is 11.5 Å². The van der Waals surface area contributed by atoms with E-state index in [9.17, 15) is 9.59 Å². The zero-order valence-corrected chi connectivity index (χ0v) is 22.5. The van der Waals surface area contributed by atoms with Gasteiger partial charge in [0, 0.05) is 11.4 Å². The normalized spacial score (nSPS) is 15.0. The Labute approximate surface area is 222 Å². The minimum Gasteiger partial charge on any atom is -0.490 e. The van der Waals surface area contributed by atoms with E-state index in [1.165, 1.54) is 16.2 Å². The van der Waals surface area contributed by atoms with E-state index < -0.39 is 11.9 Å². The van der Waals surface area contributed by atoms with Crippen LogP contribution in [0, 0.1) is 5.92 Å². The van der Waals surface area contributed by atoms with Gasteiger partial charge in [-0.15, -0.1) is 10.2 Å². The van der Waals surface area contributed by atoms with Gasteiger partial charge in [0.25, 0.3) is 5.91 Å². The van der Waals surface area contributed by atoms with E-state index in [0.717, 1.165) is 11.4 Å². The summed E-state index contributed by atoms with van der Waals surface area (Å²) >= 11 is 7.52. The molecule has 0 bridgehead atoms. The average molecular weight is 540 g/mol. The van der Waals surface area contributed by atoms with Crippen molar-refractivity contribution < 1.29 is 18.7 Å². The smallest absolute Gasteiger partial charge is 0.297 e. The number of benzene rings is 2. The number of rotatable bonds is 8. The van der Waals surface area contributed by atoms with E-state index in [-0.39, 0.29) is 16.8 Å². The van der Waals surface area contributed by atoms with Gasteiger partial charge in [-0.1, -0.05) is 42.9 Å². The Bertz CT molecular complexity index is 1550. The molecule has 8 nitrogen and oxygen atoms in total. The Morgan fingerprint density at radius 2 is 1.81 bits per heavy atom. The van der Waals surface area contributed by atoms with Gasteiger partial charge in [-0.25, -0.2) is 0 Å². The summed E-state index contributed by atoms with van der Waals surface area (Å²) in [5.41, 5.74) is 0.861. The molecule has 2 aromatic heterocycles. The number of ether oxygens (including phenoxy) is 2. The van der Waals surface area contributed by atoms with Crippen LogP contribution in [0.1, 0.15) is 60.4 Å². The first kappa shape index (κ1) is 25.2. The molecule has 2 aromatic carbocycles. The lowest BCUT2D eigenvalue weighted by molar-refractivity contribution is 0.0970. The van der Waals surface area contributed by atoms with Crippen LogP contribution in [0.25, 0.3) is 11.0 Å². The van der Waals surface area contributed by atoms with Crippen molar-refractivity contribution in [2.75, 3.05) is 18.1 Å². The van der Waals surface area contributed by atoms with Crippen LogP contribution in [-0.4, -0.2) is 29.3 Å². The molecule has 0 N–H and O–H groups in total. The molecular weight excluding hydrogens is 514 g/mol. The summed E-state index contributed by atoms with van der Waals surface area (Å²) in [6.07, 6.45) is 0.731. The van der Waals surface area contributed by atoms with E-state index in [1.807, 2.05) is 19.9 Å². The minimum absolute atomic E-state index is 0.0164. The topological polar surface area (TPSA) is 94.8 Å². The molecule has 37 heavy (non-hydrogen) atoms. The molecule has 0 radical (unpaired) electrons. The molecule has 3 heterocycles. The Morgan fingerprint density at radius 3 is 2.54 bits per heavy atom. The molecule has 4 aromatic rings. The summed E-state index contributed by atoms with van der Waals surface area (Å²) in [5.74, 6) is 1.01.